The fourth-order valence-electron chi connectivity index (χ4n) is 4.99. The summed E-state index contributed by atoms with van der Waals surface area (Å²) < 4.78 is 7.56. The Bertz CT molecular complexity index is 1590. The van der Waals surface area contributed by atoms with Crippen LogP contribution in [0.15, 0.2) is 90.8 Å². The van der Waals surface area contributed by atoms with Crippen LogP contribution in [0.4, 0.5) is 5.82 Å². The van der Waals surface area contributed by atoms with Crippen LogP contribution in [0.25, 0.3) is 17.2 Å². The van der Waals surface area contributed by atoms with Crippen molar-refractivity contribution < 1.29 is 4.74 Å². The van der Waals surface area contributed by atoms with Crippen molar-refractivity contribution in [3.63, 3.8) is 0 Å². The van der Waals surface area contributed by atoms with Gasteiger partial charge in [-0.05, 0) is 43.0 Å². The molecule has 1 aliphatic rings. The molecule has 0 radical (unpaired) electrons. The lowest BCUT2D eigenvalue weighted by atomic mass is 10.1. The minimum atomic E-state index is 0.685. The normalized spacial score (nSPS) is 13.1. The standard InChI is InChI=1S/C35H40N6O.2C2H6/c1-6-28-13-15-30(16-14-28)24-40(23-29-11-9-26(4)10-12-29)27(5)36-22-31(7-2)33-25-41-34(21-32(8-3)38-41)35(37-33)39-17-19-42-20-18-39;2*1-2/h6-7,9-16,21-22,25H,1,5,8,17-20,23-24H2,2-4H3;2*1-2H3/b31-7+,36-22-;;. The van der Waals surface area contributed by atoms with Gasteiger partial charge in [-0.25, -0.2) is 14.5 Å². The summed E-state index contributed by atoms with van der Waals surface area (Å²) in [6.45, 7) is 26.9. The molecular weight excluding hydrogens is 568 g/mol. The Morgan fingerprint density at radius 1 is 0.978 bits per heavy atom. The summed E-state index contributed by atoms with van der Waals surface area (Å²) in [5.41, 5.74) is 8.51. The topological polar surface area (TPSA) is 58.3 Å². The molecule has 1 fully saturated rings. The molecular formula is C39H52N6O. The molecule has 0 unspecified atom stereocenters. The molecule has 0 saturated carbocycles. The second-order valence-electron chi connectivity index (χ2n) is 10.6. The molecule has 2 aromatic carbocycles. The molecule has 7 nitrogen and oxygen atoms in total. The number of hydrogen-bond acceptors (Lipinski definition) is 6. The van der Waals surface area contributed by atoms with Crippen LogP contribution in [0.2, 0.25) is 0 Å². The van der Waals surface area contributed by atoms with Crippen LogP contribution in [0.5, 0.6) is 0 Å². The zero-order valence-corrected chi connectivity index (χ0v) is 29.0. The number of anilines is 1. The number of allylic oxidation sites excluding steroid dienone is 2. The van der Waals surface area contributed by atoms with Crippen molar-refractivity contribution in [1.29, 1.82) is 0 Å². The van der Waals surface area contributed by atoms with Gasteiger partial charge in [0.1, 0.15) is 11.3 Å². The number of rotatable bonds is 11. The van der Waals surface area contributed by atoms with Crippen LogP contribution in [0.3, 0.4) is 0 Å². The number of aliphatic imine (C=N–C) groups is 1. The van der Waals surface area contributed by atoms with Gasteiger partial charge in [0.2, 0.25) is 0 Å². The second kappa shape index (κ2) is 18.5. The summed E-state index contributed by atoms with van der Waals surface area (Å²) in [4.78, 5) is 14.5. The number of aromatic nitrogens is 3. The molecule has 7 heteroatoms. The van der Waals surface area contributed by atoms with Crippen LogP contribution < -0.4 is 4.90 Å². The quantitative estimate of drug-likeness (QED) is 0.157. The van der Waals surface area contributed by atoms with Gasteiger partial charge in [-0.3, -0.25) is 0 Å². The van der Waals surface area contributed by atoms with Crippen molar-refractivity contribution in [2.24, 2.45) is 4.99 Å². The Morgan fingerprint density at radius 3 is 2.15 bits per heavy atom. The third-order valence-corrected chi connectivity index (χ3v) is 7.57. The van der Waals surface area contributed by atoms with Crippen LogP contribution in [-0.2, 0) is 24.2 Å². The SMILES string of the molecule is C=Cc1ccc(CN(Cc2ccc(C)cc2)C(=C)/N=C\C(=C/C)c2cn3nc(CC)cc3c(N3CCOCC3)n2)cc1.CC.CC. The maximum Gasteiger partial charge on any atom is 0.155 e. The molecule has 3 heterocycles. The minimum absolute atomic E-state index is 0.685. The Hall–Kier alpha value is -4.49. The molecule has 46 heavy (non-hydrogen) atoms. The predicted molar refractivity (Wildman–Crippen MR) is 196 cm³/mol. The van der Waals surface area contributed by atoms with Crippen molar-refractivity contribution in [2.75, 3.05) is 31.2 Å². The maximum atomic E-state index is 5.61. The van der Waals surface area contributed by atoms with Gasteiger partial charge >= 0.3 is 0 Å². The Morgan fingerprint density at radius 2 is 1.59 bits per heavy atom. The first-order chi connectivity index (χ1) is 22.5. The van der Waals surface area contributed by atoms with Crippen molar-refractivity contribution in [1.82, 2.24) is 19.5 Å². The Labute approximate surface area is 276 Å². The van der Waals surface area contributed by atoms with Crippen LogP contribution in [0.1, 0.15) is 75.2 Å². The molecule has 2 aromatic heterocycles. The highest BCUT2D eigenvalue weighted by Gasteiger charge is 2.19. The second-order valence-corrected chi connectivity index (χ2v) is 10.6. The van der Waals surface area contributed by atoms with Crippen molar-refractivity contribution in [2.45, 2.75) is 68.0 Å². The number of fused-ring (bicyclic) bond motifs is 1. The molecule has 0 aliphatic carbocycles. The first kappa shape index (κ1) is 36.0. The zero-order valence-electron chi connectivity index (χ0n) is 29.0. The molecule has 0 spiro atoms. The highest BCUT2D eigenvalue weighted by atomic mass is 16.5. The number of hydrogen-bond donors (Lipinski definition) is 0. The number of nitrogens with zero attached hydrogens (tertiary/aromatic N) is 6. The van der Waals surface area contributed by atoms with E-state index in [4.69, 9.17) is 19.8 Å². The van der Waals surface area contributed by atoms with Crippen molar-refractivity contribution >= 4 is 29.2 Å². The van der Waals surface area contributed by atoms with Gasteiger partial charge in [-0.15, -0.1) is 0 Å². The van der Waals surface area contributed by atoms with E-state index in [-0.39, 0.29) is 0 Å². The van der Waals surface area contributed by atoms with E-state index in [1.165, 1.54) is 16.7 Å². The monoisotopic (exact) mass is 620 g/mol. The lowest BCUT2D eigenvalue weighted by Gasteiger charge is -2.28. The van der Waals surface area contributed by atoms with E-state index in [2.05, 4.69) is 91.4 Å². The first-order valence-corrected chi connectivity index (χ1v) is 16.6. The zero-order chi connectivity index (χ0) is 33.5. The molecule has 244 valence electrons. The number of ether oxygens (including phenoxy) is 1. The van der Waals surface area contributed by atoms with Crippen LogP contribution >= 0.6 is 0 Å². The molecule has 0 N–H and O–H groups in total. The van der Waals surface area contributed by atoms with E-state index >= 15 is 0 Å². The lowest BCUT2D eigenvalue weighted by Crippen LogP contribution is -2.37. The van der Waals surface area contributed by atoms with Gasteiger partial charge in [0, 0.05) is 38.0 Å². The fraction of sp³-hybridized carbons (Fsp3) is 0.359. The predicted octanol–water partition coefficient (Wildman–Crippen LogP) is 8.78. The third kappa shape index (κ3) is 9.51. The highest BCUT2D eigenvalue weighted by molar-refractivity contribution is 6.09. The van der Waals surface area contributed by atoms with Crippen LogP contribution in [-0.4, -0.2) is 52.0 Å². The molecule has 1 saturated heterocycles. The first-order valence-electron chi connectivity index (χ1n) is 16.6. The molecule has 0 bridgehead atoms. The average Bonchev–Trinajstić information content (AvgIpc) is 3.55. The van der Waals surface area contributed by atoms with Crippen molar-refractivity contribution in [3.8, 4) is 0 Å². The number of benzene rings is 2. The highest BCUT2D eigenvalue weighted by Crippen LogP contribution is 2.25. The average molecular weight is 621 g/mol. The molecule has 0 atom stereocenters. The van der Waals surface area contributed by atoms with Gasteiger partial charge in [-0.2, -0.15) is 5.10 Å². The van der Waals surface area contributed by atoms with Gasteiger partial charge < -0.3 is 14.5 Å². The molecule has 4 aromatic rings. The summed E-state index contributed by atoms with van der Waals surface area (Å²) >= 11 is 0. The van der Waals surface area contributed by atoms with E-state index in [0.29, 0.717) is 32.1 Å². The lowest BCUT2D eigenvalue weighted by molar-refractivity contribution is 0.122. The largest absolute Gasteiger partial charge is 0.378 e. The third-order valence-electron chi connectivity index (χ3n) is 7.57. The van der Waals surface area contributed by atoms with Gasteiger partial charge in [0.05, 0.1) is 30.8 Å². The number of morpholine rings is 1. The summed E-state index contributed by atoms with van der Waals surface area (Å²) in [5.74, 6) is 1.61. The Kier molecular flexibility index (Phi) is 14.4. The van der Waals surface area contributed by atoms with Gasteiger partial charge in [0.25, 0.3) is 0 Å². The minimum Gasteiger partial charge on any atom is -0.378 e. The van der Waals surface area contributed by atoms with E-state index in [9.17, 15) is 0 Å². The maximum absolute atomic E-state index is 5.61. The molecule has 0 amide bonds. The van der Waals surface area contributed by atoms with E-state index in [1.807, 2.05) is 63.7 Å². The molecule has 5 rings (SSSR count). The summed E-state index contributed by atoms with van der Waals surface area (Å²) in [7, 11) is 0. The van der Waals surface area contributed by atoms with Crippen LogP contribution in [0, 0.1) is 6.92 Å². The molecule has 1 aliphatic heterocycles. The smallest absolute Gasteiger partial charge is 0.155 e. The van der Waals surface area contributed by atoms with Gasteiger partial charge in [0.15, 0.2) is 5.82 Å². The van der Waals surface area contributed by atoms with E-state index in [1.54, 1.807) is 0 Å². The Balaban J connectivity index is 0.00000139. The van der Waals surface area contributed by atoms with E-state index in [0.717, 1.165) is 53.4 Å². The van der Waals surface area contributed by atoms with E-state index < -0.39 is 0 Å². The van der Waals surface area contributed by atoms with Gasteiger partial charge in [-0.1, -0.05) is 114 Å². The number of aryl methyl sites for hydroxylation is 2. The summed E-state index contributed by atoms with van der Waals surface area (Å²) in [5, 5.41) is 4.81. The summed E-state index contributed by atoms with van der Waals surface area (Å²) in [6.07, 6.45) is 8.62. The van der Waals surface area contributed by atoms with Crippen molar-refractivity contribution in [3.05, 3.63) is 119 Å². The fourth-order valence-corrected chi connectivity index (χ4v) is 4.99. The summed E-state index contributed by atoms with van der Waals surface area (Å²) in [6, 6.07) is 19.2.